The highest BCUT2D eigenvalue weighted by Gasteiger charge is 2.05. The molecule has 0 atom stereocenters. The Morgan fingerprint density at radius 2 is 1.84 bits per heavy atom. The predicted molar refractivity (Wildman–Crippen MR) is 72.6 cm³/mol. The van der Waals surface area contributed by atoms with Crippen molar-refractivity contribution in [1.82, 2.24) is 4.98 Å². The van der Waals surface area contributed by atoms with Gasteiger partial charge in [-0.2, -0.15) is 4.98 Å². The molecule has 3 aromatic rings. The number of nitrogens with one attached hydrogen (secondary N) is 1. The van der Waals surface area contributed by atoms with E-state index in [4.69, 9.17) is 4.42 Å². The zero-order valence-corrected chi connectivity index (χ0v) is 10.3. The van der Waals surface area contributed by atoms with E-state index in [0.717, 1.165) is 11.1 Å². The lowest BCUT2D eigenvalue weighted by Crippen LogP contribution is -2.06. The summed E-state index contributed by atoms with van der Waals surface area (Å²) >= 11 is 0. The van der Waals surface area contributed by atoms with E-state index in [1.165, 1.54) is 6.07 Å². The van der Waals surface area contributed by atoms with Crippen molar-refractivity contribution in [2.24, 2.45) is 0 Å². The van der Waals surface area contributed by atoms with Gasteiger partial charge >= 0.3 is 0 Å². The second-order valence-corrected chi connectivity index (χ2v) is 4.25. The largest absolute Gasteiger partial charge is 0.424 e. The molecule has 96 valence electrons. The van der Waals surface area contributed by atoms with Gasteiger partial charge < -0.3 is 9.73 Å². The van der Waals surface area contributed by atoms with Crippen LogP contribution in [0.1, 0.15) is 5.56 Å². The number of hydrogen-bond donors (Lipinski definition) is 1. The molecule has 0 saturated heterocycles. The highest BCUT2D eigenvalue weighted by Crippen LogP contribution is 2.18. The van der Waals surface area contributed by atoms with E-state index >= 15 is 0 Å². The van der Waals surface area contributed by atoms with E-state index < -0.39 is 0 Å². The minimum absolute atomic E-state index is 0.179. The molecule has 0 saturated carbocycles. The number of fused-ring (bicyclic) bond motifs is 1. The standard InChI is InChI=1S/C15H13FN2O/c16-12-6-2-1-5-11(12)9-10-17-15-18-13-7-3-4-8-14(13)19-15/h1-8H,9-10H2,(H,17,18). The first-order valence-corrected chi connectivity index (χ1v) is 6.16. The SMILES string of the molecule is Fc1ccccc1CCNc1nc2ccccc2o1. The van der Waals surface area contributed by atoms with E-state index in [1.807, 2.05) is 30.3 Å². The molecule has 2 aromatic carbocycles. The molecule has 0 aliphatic rings. The van der Waals surface area contributed by atoms with Crippen LogP contribution in [-0.2, 0) is 6.42 Å². The predicted octanol–water partition coefficient (Wildman–Crippen LogP) is 3.62. The highest BCUT2D eigenvalue weighted by atomic mass is 19.1. The summed E-state index contributed by atoms with van der Waals surface area (Å²) < 4.78 is 18.9. The maximum absolute atomic E-state index is 13.4. The summed E-state index contributed by atoms with van der Waals surface area (Å²) in [4.78, 5) is 4.29. The van der Waals surface area contributed by atoms with Gasteiger partial charge in [0.1, 0.15) is 11.3 Å². The molecule has 1 heterocycles. The topological polar surface area (TPSA) is 38.1 Å². The van der Waals surface area contributed by atoms with Gasteiger partial charge in [0.25, 0.3) is 6.01 Å². The molecule has 0 aliphatic carbocycles. The molecule has 0 aliphatic heterocycles. The Balaban J connectivity index is 1.65. The lowest BCUT2D eigenvalue weighted by atomic mass is 10.1. The van der Waals surface area contributed by atoms with Crippen molar-refractivity contribution >= 4 is 17.1 Å². The van der Waals surface area contributed by atoms with Crippen LogP contribution in [0.4, 0.5) is 10.4 Å². The average molecular weight is 256 g/mol. The molecule has 0 bridgehead atoms. The molecule has 3 nitrogen and oxygen atoms in total. The average Bonchev–Trinajstić information content (AvgIpc) is 2.83. The van der Waals surface area contributed by atoms with Gasteiger partial charge in [-0.05, 0) is 30.2 Å². The van der Waals surface area contributed by atoms with E-state index in [1.54, 1.807) is 12.1 Å². The smallest absolute Gasteiger partial charge is 0.295 e. The minimum atomic E-state index is -0.179. The Labute approximate surface area is 110 Å². The zero-order valence-electron chi connectivity index (χ0n) is 10.3. The zero-order chi connectivity index (χ0) is 13.1. The fourth-order valence-corrected chi connectivity index (χ4v) is 1.95. The molecule has 0 spiro atoms. The van der Waals surface area contributed by atoms with Crippen molar-refractivity contribution in [3.05, 3.63) is 59.9 Å². The summed E-state index contributed by atoms with van der Waals surface area (Å²) in [7, 11) is 0. The number of para-hydroxylation sites is 2. The Kier molecular flexibility index (Phi) is 3.14. The molecule has 0 amide bonds. The second-order valence-electron chi connectivity index (χ2n) is 4.25. The lowest BCUT2D eigenvalue weighted by molar-refractivity contribution is 0.602. The van der Waals surface area contributed by atoms with Crippen molar-refractivity contribution in [2.75, 3.05) is 11.9 Å². The Morgan fingerprint density at radius 3 is 2.68 bits per heavy atom. The van der Waals surface area contributed by atoms with Gasteiger partial charge in [0, 0.05) is 6.54 Å². The number of halogens is 1. The number of anilines is 1. The van der Waals surface area contributed by atoms with Gasteiger partial charge in [0.15, 0.2) is 5.58 Å². The summed E-state index contributed by atoms with van der Waals surface area (Å²) in [5, 5.41) is 3.07. The summed E-state index contributed by atoms with van der Waals surface area (Å²) in [5.41, 5.74) is 2.25. The second kappa shape index (κ2) is 5.10. The van der Waals surface area contributed by atoms with Crippen LogP contribution < -0.4 is 5.32 Å². The lowest BCUT2D eigenvalue weighted by Gasteiger charge is -2.03. The number of benzene rings is 2. The summed E-state index contributed by atoms with van der Waals surface area (Å²) in [6.45, 7) is 0.577. The Hall–Kier alpha value is -2.36. The Morgan fingerprint density at radius 1 is 1.05 bits per heavy atom. The first-order chi connectivity index (χ1) is 9.33. The summed E-state index contributed by atoms with van der Waals surface area (Å²) in [6.07, 6.45) is 0.589. The van der Waals surface area contributed by atoms with Crippen LogP contribution in [0.25, 0.3) is 11.1 Å². The first-order valence-electron chi connectivity index (χ1n) is 6.16. The van der Waals surface area contributed by atoms with Gasteiger partial charge in [-0.3, -0.25) is 0 Å². The molecule has 4 heteroatoms. The number of hydrogen-bond acceptors (Lipinski definition) is 3. The summed E-state index contributed by atoms with van der Waals surface area (Å²) in [5.74, 6) is -0.179. The van der Waals surface area contributed by atoms with Crippen molar-refractivity contribution in [1.29, 1.82) is 0 Å². The first kappa shape index (κ1) is 11.7. The fraction of sp³-hybridized carbons (Fsp3) is 0.133. The molecule has 0 unspecified atom stereocenters. The quantitative estimate of drug-likeness (QED) is 0.774. The monoisotopic (exact) mass is 256 g/mol. The highest BCUT2D eigenvalue weighted by molar-refractivity contribution is 5.74. The maximum atomic E-state index is 13.4. The van der Waals surface area contributed by atoms with Gasteiger partial charge in [-0.25, -0.2) is 4.39 Å². The van der Waals surface area contributed by atoms with Gasteiger partial charge in [-0.1, -0.05) is 30.3 Å². The van der Waals surface area contributed by atoms with Crippen molar-refractivity contribution in [3.8, 4) is 0 Å². The van der Waals surface area contributed by atoms with Crippen LogP contribution in [0.5, 0.6) is 0 Å². The number of oxazole rings is 1. The molecule has 0 radical (unpaired) electrons. The molecular weight excluding hydrogens is 243 g/mol. The van der Waals surface area contributed by atoms with E-state index in [9.17, 15) is 4.39 Å². The normalized spacial score (nSPS) is 10.8. The van der Waals surface area contributed by atoms with Gasteiger partial charge in [0.2, 0.25) is 0 Å². The third-order valence-corrected chi connectivity index (χ3v) is 2.92. The van der Waals surface area contributed by atoms with Crippen molar-refractivity contribution < 1.29 is 8.81 Å². The Bertz CT molecular complexity index is 660. The molecule has 1 N–H and O–H groups in total. The molecule has 19 heavy (non-hydrogen) atoms. The molecular formula is C15H13FN2O. The van der Waals surface area contributed by atoms with Crippen LogP contribution in [-0.4, -0.2) is 11.5 Å². The van der Waals surface area contributed by atoms with Crippen LogP contribution in [0.15, 0.2) is 52.9 Å². The van der Waals surface area contributed by atoms with E-state index in [-0.39, 0.29) is 5.82 Å². The third-order valence-electron chi connectivity index (χ3n) is 2.92. The van der Waals surface area contributed by atoms with E-state index in [2.05, 4.69) is 10.3 Å². The van der Waals surface area contributed by atoms with Crippen LogP contribution in [0.2, 0.25) is 0 Å². The fourth-order valence-electron chi connectivity index (χ4n) is 1.95. The molecule has 0 fully saturated rings. The molecule has 3 rings (SSSR count). The van der Waals surface area contributed by atoms with Crippen LogP contribution in [0, 0.1) is 5.82 Å². The third kappa shape index (κ3) is 2.57. The van der Waals surface area contributed by atoms with Crippen molar-refractivity contribution in [3.63, 3.8) is 0 Å². The van der Waals surface area contributed by atoms with E-state index in [0.29, 0.717) is 24.5 Å². The minimum Gasteiger partial charge on any atom is -0.424 e. The van der Waals surface area contributed by atoms with Crippen molar-refractivity contribution in [2.45, 2.75) is 6.42 Å². The molecule has 1 aromatic heterocycles. The number of aromatic nitrogens is 1. The van der Waals surface area contributed by atoms with Gasteiger partial charge in [0.05, 0.1) is 0 Å². The summed E-state index contributed by atoms with van der Waals surface area (Å²) in [6, 6.07) is 14.8. The maximum Gasteiger partial charge on any atom is 0.295 e. The van der Waals surface area contributed by atoms with Gasteiger partial charge in [-0.15, -0.1) is 0 Å². The van der Waals surface area contributed by atoms with Crippen LogP contribution in [0.3, 0.4) is 0 Å². The number of rotatable bonds is 4. The van der Waals surface area contributed by atoms with Crippen LogP contribution >= 0.6 is 0 Å². The number of nitrogens with zero attached hydrogens (tertiary/aromatic N) is 1.